The van der Waals surface area contributed by atoms with Gasteiger partial charge in [0.2, 0.25) is 11.8 Å². The highest BCUT2D eigenvalue weighted by Gasteiger charge is 2.35. The van der Waals surface area contributed by atoms with Gasteiger partial charge in [-0.3, -0.25) is 9.59 Å². The molecule has 1 unspecified atom stereocenters. The molecule has 0 bridgehead atoms. The third kappa shape index (κ3) is 3.55. The number of nitrogens with zero attached hydrogens (tertiary/aromatic N) is 6. The Morgan fingerprint density at radius 2 is 1.92 bits per heavy atom. The van der Waals surface area contributed by atoms with E-state index < -0.39 is 0 Å². The van der Waals surface area contributed by atoms with Gasteiger partial charge in [0.15, 0.2) is 11.5 Å². The summed E-state index contributed by atoms with van der Waals surface area (Å²) in [6.07, 6.45) is 5.49. The van der Waals surface area contributed by atoms with Crippen molar-refractivity contribution in [1.29, 1.82) is 5.26 Å². The van der Waals surface area contributed by atoms with Gasteiger partial charge < -0.3 is 14.7 Å². The number of anilines is 1. The average molecular weight is 342 g/mol. The summed E-state index contributed by atoms with van der Waals surface area (Å²) in [5.74, 6) is 0.574. The highest BCUT2D eigenvalue weighted by Crippen LogP contribution is 2.21. The molecule has 0 radical (unpaired) electrons. The van der Waals surface area contributed by atoms with Crippen molar-refractivity contribution in [1.82, 2.24) is 19.8 Å². The fourth-order valence-electron chi connectivity index (χ4n) is 3.60. The van der Waals surface area contributed by atoms with E-state index in [9.17, 15) is 14.9 Å². The summed E-state index contributed by atoms with van der Waals surface area (Å²) in [5.41, 5.74) is 0.306. The summed E-state index contributed by atoms with van der Waals surface area (Å²) in [6, 6.07) is 1.75. The van der Waals surface area contributed by atoms with Crippen LogP contribution in [0.15, 0.2) is 12.4 Å². The first-order chi connectivity index (χ1) is 12.1. The van der Waals surface area contributed by atoms with Gasteiger partial charge >= 0.3 is 0 Å². The zero-order valence-electron chi connectivity index (χ0n) is 14.4. The lowest BCUT2D eigenvalue weighted by atomic mass is 10.2. The number of carbonyl (C=O) groups excluding carboxylic acids is 2. The van der Waals surface area contributed by atoms with E-state index in [1.54, 1.807) is 11.1 Å². The zero-order chi connectivity index (χ0) is 17.8. The molecule has 0 aromatic carbocycles. The van der Waals surface area contributed by atoms with Crippen LogP contribution in [0.2, 0.25) is 0 Å². The van der Waals surface area contributed by atoms with E-state index in [0.29, 0.717) is 37.7 Å². The van der Waals surface area contributed by atoms with Gasteiger partial charge in [-0.25, -0.2) is 9.97 Å². The Hall–Kier alpha value is -2.69. The van der Waals surface area contributed by atoms with Crippen LogP contribution in [0.4, 0.5) is 5.82 Å². The maximum Gasteiger partial charge on any atom is 0.245 e. The second kappa shape index (κ2) is 7.47. The first-order valence-electron chi connectivity index (χ1n) is 8.64. The van der Waals surface area contributed by atoms with Crippen LogP contribution in [0.1, 0.15) is 31.9 Å². The van der Waals surface area contributed by atoms with E-state index in [1.807, 2.05) is 9.80 Å². The Kier molecular flexibility index (Phi) is 5.12. The van der Waals surface area contributed by atoms with Crippen molar-refractivity contribution in [2.24, 2.45) is 0 Å². The molecule has 2 aliphatic rings. The van der Waals surface area contributed by atoms with Gasteiger partial charge in [0.25, 0.3) is 0 Å². The third-order valence-electron chi connectivity index (χ3n) is 4.83. The number of hydrogen-bond donors (Lipinski definition) is 0. The van der Waals surface area contributed by atoms with E-state index in [1.165, 1.54) is 13.1 Å². The Morgan fingerprint density at radius 3 is 2.68 bits per heavy atom. The molecule has 2 fully saturated rings. The summed E-state index contributed by atoms with van der Waals surface area (Å²) in [6.45, 7) is 4.72. The Morgan fingerprint density at radius 1 is 1.12 bits per heavy atom. The van der Waals surface area contributed by atoms with Gasteiger partial charge in [-0.1, -0.05) is 0 Å². The largest absolute Gasteiger partial charge is 0.352 e. The number of hydrogen-bond acceptors (Lipinski definition) is 6. The summed E-state index contributed by atoms with van der Waals surface area (Å²) in [5, 5.41) is 9.20. The number of aromatic nitrogens is 2. The van der Waals surface area contributed by atoms with Crippen LogP contribution < -0.4 is 4.90 Å². The lowest BCUT2D eigenvalue weighted by molar-refractivity contribution is -0.142. The van der Waals surface area contributed by atoms with Gasteiger partial charge in [-0.2, -0.15) is 5.26 Å². The van der Waals surface area contributed by atoms with Crippen molar-refractivity contribution in [2.45, 2.75) is 32.2 Å². The van der Waals surface area contributed by atoms with Crippen molar-refractivity contribution in [3.63, 3.8) is 0 Å². The summed E-state index contributed by atoms with van der Waals surface area (Å²) in [4.78, 5) is 38.5. The normalized spacial score (nSPS) is 21.0. The molecule has 0 aliphatic carbocycles. The number of likely N-dealkylation sites (tertiary alicyclic amines) is 1. The molecule has 0 spiro atoms. The van der Waals surface area contributed by atoms with Crippen LogP contribution in [-0.2, 0) is 9.59 Å². The van der Waals surface area contributed by atoms with E-state index in [0.717, 1.165) is 25.8 Å². The minimum atomic E-state index is -0.324. The van der Waals surface area contributed by atoms with E-state index >= 15 is 0 Å². The maximum absolute atomic E-state index is 12.9. The van der Waals surface area contributed by atoms with Crippen LogP contribution in [0.25, 0.3) is 0 Å². The van der Waals surface area contributed by atoms with Crippen LogP contribution in [-0.4, -0.2) is 70.3 Å². The Balaban J connectivity index is 1.68. The topological polar surface area (TPSA) is 93.4 Å². The molecule has 2 amide bonds. The van der Waals surface area contributed by atoms with Crippen molar-refractivity contribution < 1.29 is 9.59 Å². The molecule has 2 aliphatic heterocycles. The van der Waals surface area contributed by atoms with Gasteiger partial charge in [-0.15, -0.1) is 0 Å². The van der Waals surface area contributed by atoms with Crippen molar-refractivity contribution in [2.75, 3.05) is 37.6 Å². The minimum Gasteiger partial charge on any atom is -0.352 e. The van der Waals surface area contributed by atoms with E-state index in [2.05, 4.69) is 16.0 Å². The molecule has 8 heteroatoms. The lowest BCUT2D eigenvalue weighted by Gasteiger charge is -2.29. The molecule has 1 aromatic heterocycles. The van der Waals surface area contributed by atoms with E-state index in [-0.39, 0.29) is 17.9 Å². The van der Waals surface area contributed by atoms with Crippen molar-refractivity contribution in [3.8, 4) is 6.07 Å². The summed E-state index contributed by atoms with van der Waals surface area (Å²) < 4.78 is 0. The van der Waals surface area contributed by atoms with Crippen LogP contribution in [0.3, 0.4) is 0 Å². The third-order valence-corrected chi connectivity index (χ3v) is 4.83. The molecule has 1 aromatic rings. The Labute approximate surface area is 147 Å². The predicted molar refractivity (Wildman–Crippen MR) is 90.6 cm³/mol. The molecule has 0 saturated carbocycles. The summed E-state index contributed by atoms with van der Waals surface area (Å²) in [7, 11) is 0. The SMILES string of the molecule is CC(=O)N1CCCC1C(=O)N1CCCN(c2nccnc2C#N)CC1. The Bertz CT molecular complexity index is 701. The molecule has 25 heavy (non-hydrogen) atoms. The van der Waals surface area contributed by atoms with Gasteiger partial charge in [-0.05, 0) is 19.3 Å². The quantitative estimate of drug-likeness (QED) is 0.772. The molecule has 2 saturated heterocycles. The molecular weight excluding hydrogens is 320 g/mol. The average Bonchev–Trinajstić information content (AvgIpc) is 2.99. The second-order valence-electron chi connectivity index (χ2n) is 6.38. The van der Waals surface area contributed by atoms with Gasteiger partial charge in [0, 0.05) is 52.0 Å². The maximum atomic E-state index is 12.9. The van der Waals surface area contributed by atoms with Crippen LogP contribution in [0.5, 0.6) is 0 Å². The predicted octanol–water partition coefficient (Wildman–Crippen LogP) is 0.398. The minimum absolute atomic E-state index is 0.0363. The van der Waals surface area contributed by atoms with Crippen molar-refractivity contribution in [3.05, 3.63) is 18.1 Å². The van der Waals surface area contributed by atoms with Gasteiger partial charge in [0.1, 0.15) is 12.1 Å². The molecule has 8 nitrogen and oxygen atoms in total. The number of rotatable bonds is 2. The van der Waals surface area contributed by atoms with E-state index in [4.69, 9.17) is 0 Å². The first kappa shape index (κ1) is 17.1. The number of nitriles is 1. The fourth-order valence-corrected chi connectivity index (χ4v) is 3.60. The highest BCUT2D eigenvalue weighted by atomic mass is 16.2. The molecule has 0 N–H and O–H groups in total. The standard InChI is InChI=1S/C17H22N6O2/c1-13(24)23-9-2-4-15(23)17(25)22-8-3-7-21(10-11-22)16-14(12-18)19-5-6-20-16/h5-6,15H,2-4,7-11H2,1H3. The van der Waals surface area contributed by atoms with Crippen molar-refractivity contribution >= 4 is 17.6 Å². The van der Waals surface area contributed by atoms with Crippen LogP contribution in [0, 0.1) is 11.3 Å². The smallest absolute Gasteiger partial charge is 0.245 e. The molecular formula is C17H22N6O2. The molecule has 132 valence electrons. The fraction of sp³-hybridized carbons (Fsp3) is 0.588. The number of amides is 2. The zero-order valence-corrected chi connectivity index (χ0v) is 14.4. The first-order valence-corrected chi connectivity index (χ1v) is 8.64. The second-order valence-corrected chi connectivity index (χ2v) is 6.38. The summed E-state index contributed by atoms with van der Waals surface area (Å²) >= 11 is 0. The molecule has 3 rings (SSSR count). The molecule has 1 atom stereocenters. The molecule has 3 heterocycles. The lowest BCUT2D eigenvalue weighted by Crippen LogP contribution is -2.48. The van der Waals surface area contributed by atoms with Gasteiger partial charge in [0.05, 0.1) is 0 Å². The van der Waals surface area contributed by atoms with Crippen LogP contribution >= 0.6 is 0 Å². The number of carbonyl (C=O) groups is 2. The monoisotopic (exact) mass is 342 g/mol. The highest BCUT2D eigenvalue weighted by molar-refractivity contribution is 5.87.